The number of aromatic nitrogens is 1. The molecule has 0 spiro atoms. The lowest BCUT2D eigenvalue weighted by Crippen LogP contribution is -2.66. The van der Waals surface area contributed by atoms with Gasteiger partial charge in [0.1, 0.15) is 5.75 Å². The molecule has 0 amide bonds. The average Bonchev–Trinajstić information content (AvgIpc) is 3.03. The van der Waals surface area contributed by atoms with Crippen molar-refractivity contribution in [3.63, 3.8) is 0 Å². The van der Waals surface area contributed by atoms with Crippen LogP contribution in [-0.4, -0.2) is 45.3 Å². The Morgan fingerprint density at radius 3 is 2.83 bits per heavy atom. The predicted octanol–water partition coefficient (Wildman–Crippen LogP) is 4.19. The van der Waals surface area contributed by atoms with Gasteiger partial charge in [0.25, 0.3) is 0 Å². The number of aromatic hydroxyl groups is 1. The van der Waals surface area contributed by atoms with E-state index in [1.165, 1.54) is 0 Å². The molecule has 5 heteroatoms. The van der Waals surface area contributed by atoms with E-state index in [0.717, 1.165) is 47.2 Å². The standard InChI is InChI=1S/C24H25ClN2O2/c1-2-10-27-11-9-23(16-5-3-6-17(28)12-16)14-21-18(13-24(23,29)15-27)22-19(25)7-4-8-20(22)26-21/h2-8,12,26,28-29H,1,9-11,13-15H2. The Bertz CT molecular complexity index is 1110. The number of rotatable bonds is 3. The molecule has 5 rings (SSSR count). The number of halogens is 1. The molecule has 29 heavy (non-hydrogen) atoms. The lowest BCUT2D eigenvalue weighted by atomic mass is 9.56. The van der Waals surface area contributed by atoms with Crippen molar-refractivity contribution in [2.24, 2.45) is 0 Å². The maximum Gasteiger partial charge on any atom is 0.115 e. The summed E-state index contributed by atoms with van der Waals surface area (Å²) >= 11 is 6.55. The van der Waals surface area contributed by atoms with Crippen LogP contribution in [-0.2, 0) is 18.3 Å². The SMILES string of the molecule is C=CCN1CCC2(c3cccc(O)c3)Cc3[nH]c4cccc(Cl)c4c3CC2(O)C1. The summed E-state index contributed by atoms with van der Waals surface area (Å²) in [6.07, 6.45) is 3.91. The van der Waals surface area contributed by atoms with Crippen LogP contribution >= 0.6 is 11.6 Å². The van der Waals surface area contributed by atoms with E-state index in [9.17, 15) is 10.2 Å². The van der Waals surface area contributed by atoms with E-state index in [1.807, 2.05) is 42.5 Å². The van der Waals surface area contributed by atoms with Crippen LogP contribution < -0.4 is 0 Å². The van der Waals surface area contributed by atoms with Crippen LogP contribution in [0.1, 0.15) is 23.2 Å². The molecule has 2 heterocycles. The Kier molecular flexibility index (Phi) is 4.28. The summed E-state index contributed by atoms with van der Waals surface area (Å²) in [7, 11) is 0. The number of nitrogens with zero attached hydrogens (tertiary/aromatic N) is 1. The second kappa shape index (κ2) is 6.63. The lowest BCUT2D eigenvalue weighted by molar-refractivity contribution is -0.100. The van der Waals surface area contributed by atoms with E-state index in [-0.39, 0.29) is 5.75 Å². The third-order valence-corrected chi connectivity index (χ3v) is 7.24. The van der Waals surface area contributed by atoms with Gasteiger partial charge in [-0.1, -0.05) is 35.9 Å². The zero-order chi connectivity index (χ0) is 20.2. The molecule has 1 aromatic heterocycles. The third kappa shape index (κ3) is 2.74. The van der Waals surface area contributed by atoms with Gasteiger partial charge in [-0.15, -0.1) is 6.58 Å². The molecule has 0 radical (unpaired) electrons. The van der Waals surface area contributed by atoms with Gasteiger partial charge in [0.15, 0.2) is 0 Å². The molecule has 3 N–H and O–H groups in total. The van der Waals surface area contributed by atoms with Crippen molar-refractivity contribution in [3.8, 4) is 5.75 Å². The molecule has 0 saturated carbocycles. The first-order chi connectivity index (χ1) is 14.0. The van der Waals surface area contributed by atoms with Gasteiger partial charge in [0.2, 0.25) is 0 Å². The number of hydrogen-bond acceptors (Lipinski definition) is 3. The van der Waals surface area contributed by atoms with Gasteiger partial charge in [0, 0.05) is 47.9 Å². The second-order valence-electron chi connectivity index (χ2n) is 8.54. The van der Waals surface area contributed by atoms with Crippen LogP contribution in [0.4, 0.5) is 0 Å². The van der Waals surface area contributed by atoms with Crippen molar-refractivity contribution in [3.05, 3.63) is 77.0 Å². The van der Waals surface area contributed by atoms with E-state index in [0.29, 0.717) is 24.4 Å². The number of nitrogens with one attached hydrogen (secondary N) is 1. The molecule has 2 atom stereocenters. The van der Waals surface area contributed by atoms with E-state index < -0.39 is 11.0 Å². The Morgan fingerprint density at radius 1 is 1.21 bits per heavy atom. The molecule has 0 bridgehead atoms. The average molecular weight is 409 g/mol. The molecule has 1 fully saturated rings. The zero-order valence-corrected chi connectivity index (χ0v) is 17.0. The van der Waals surface area contributed by atoms with E-state index in [1.54, 1.807) is 6.07 Å². The molecular weight excluding hydrogens is 384 g/mol. The zero-order valence-electron chi connectivity index (χ0n) is 16.3. The van der Waals surface area contributed by atoms with Crippen LogP contribution in [0.25, 0.3) is 10.9 Å². The largest absolute Gasteiger partial charge is 0.508 e. The summed E-state index contributed by atoms with van der Waals surface area (Å²) in [4.78, 5) is 5.82. The summed E-state index contributed by atoms with van der Waals surface area (Å²) < 4.78 is 0. The van der Waals surface area contributed by atoms with Crippen molar-refractivity contribution in [1.29, 1.82) is 0 Å². The Hall–Kier alpha value is -2.27. The van der Waals surface area contributed by atoms with Crippen LogP contribution in [0.2, 0.25) is 5.02 Å². The van der Waals surface area contributed by atoms with Crippen molar-refractivity contribution in [2.75, 3.05) is 19.6 Å². The number of phenols is 1. The normalized spacial score (nSPS) is 26.8. The Labute approximate surface area is 175 Å². The monoisotopic (exact) mass is 408 g/mol. The number of piperidine rings is 1. The predicted molar refractivity (Wildman–Crippen MR) is 117 cm³/mol. The summed E-state index contributed by atoms with van der Waals surface area (Å²) in [6, 6.07) is 13.3. The van der Waals surface area contributed by atoms with Crippen LogP contribution in [0.15, 0.2) is 55.1 Å². The number of β-amino-alcohol motifs (C(OH)–C–C–N with tert-alkyl or cyclic N) is 1. The maximum atomic E-state index is 12.2. The molecule has 4 nitrogen and oxygen atoms in total. The lowest BCUT2D eigenvalue weighted by Gasteiger charge is -2.56. The summed E-state index contributed by atoms with van der Waals surface area (Å²) in [6.45, 7) is 6.06. The summed E-state index contributed by atoms with van der Waals surface area (Å²) in [5.41, 5.74) is 2.82. The Balaban J connectivity index is 1.71. The number of hydrogen-bond donors (Lipinski definition) is 3. The van der Waals surface area contributed by atoms with Crippen molar-refractivity contribution < 1.29 is 10.2 Å². The smallest absolute Gasteiger partial charge is 0.115 e. The number of benzene rings is 2. The second-order valence-corrected chi connectivity index (χ2v) is 8.94. The molecule has 3 aromatic rings. The highest BCUT2D eigenvalue weighted by molar-refractivity contribution is 6.35. The maximum absolute atomic E-state index is 12.2. The van der Waals surface area contributed by atoms with Gasteiger partial charge in [-0.05, 0) is 48.4 Å². The first kappa shape index (κ1) is 18.7. The number of phenolic OH excluding ortho intramolecular Hbond substituents is 1. The highest BCUT2D eigenvalue weighted by Crippen LogP contribution is 2.52. The highest BCUT2D eigenvalue weighted by atomic mass is 35.5. The fourth-order valence-electron chi connectivity index (χ4n) is 5.58. The highest BCUT2D eigenvalue weighted by Gasteiger charge is 2.57. The van der Waals surface area contributed by atoms with Crippen molar-refractivity contribution in [2.45, 2.75) is 30.3 Å². The third-order valence-electron chi connectivity index (χ3n) is 6.93. The number of aliphatic hydroxyl groups is 1. The van der Waals surface area contributed by atoms with Crippen LogP contribution in [0.3, 0.4) is 0 Å². The fraction of sp³-hybridized carbons (Fsp3) is 0.333. The van der Waals surface area contributed by atoms with Crippen LogP contribution in [0.5, 0.6) is 5.75 Å². The van der Waals surface area contributed by atoms with Gasteiger partial charge in [-0.2, -0.15) is 0 Å². The van der Waals surface area contributed by atoms with Crippen LogP contribution in [0, 0.1) is 0 Å². The minimum atomic E-state index is -0.969. The summed E-state index contributed by atoms with van der Waals surface area (Å²) in [5, 5.41) is 24.1. The molecule has 150 valence electrons. The van der Waals surface area contributed by atoms with Gasteiger partial charge in [-0.25, -0.2) is 0 Å². The van der Waals surface area contributed by atoms with E-state index >= 15 is 0 Å². The molecule has 2 aliphatic rings. The Morgan fingerprint density at radius 2 is 2.03 bits per heavy atom. The molecule has 1 aliphatic heterocycles. The summed E-state index contributed by atoms with van der Waals surface area (Å²) in [5.74, 6) is 0.234. The van der Waals surface area contributed by atoms with Crippen molar-refractivity contribution >= 4 is 22.5 Å². The van der Waals surface area contributed by atoms with Gasteiger partial charge < -0.3 is 15.2 Å². The van der Waals surface area contributed by atoms with Gasteiger partial charge >= 0.3 is 0 Å². The fourth-order valence-corrected chi connectivity index (χ4v) is 5.87. The quantitative estimate of drug-likeness (QED) is 0.569. The molecule has 2 unspecified atom stereocenters. The first-order valence-electron chi connectivity index (χ1n) is 10.1. The van der Waals surface area contributed by atoms with Crippen molar-refractivity contribution in [1.82, 2.24) is 9.88 Å². The van der Waals surface area contributed by atoms with Gasteiger partial charge in [-0.3, -0.25) is 4.90 Å². The number of likely N-dealkylation sites (tertiary alicyclic amines) is 1. The first-order valence-corrected chi connectivity index (χ1v) is 10.5. The minimum absolute atomic E-state index is 0.234. The van der Waals surface area contributed by atoms with E-state index in [4.69, 9.17) is 11.6 Å². The topological polar surface area (TPSA) is 59.5 Å². The number of H-pyrrole nitrogens is 1. The number of fused-ring (bicyclic) bond motifs is 4. The molecular formula is C24H25ClN2O2. The van der Waals surface area contributed by atoms with Gasteiger partial charge in [0.05, 0.1) is 10.6 Å². The minimum Gasteiger partial charge on any atom is -0.508 e. The van der Waals surface area contributed by atoms with E-state index in [2.05, 4.69) is 16.5 Å². The molecule has 1 saturated heterocycles. The molecule has 2 aromatic carbocycles. The molecule has 1 aliphatic carbocycles. The number of aromatic amines is 1.